The Morgan fingerprint density at radius 2 is 1.89 bits per heavy atom. The highest BCUT2D eigenvalue weighted by Crippen LogP contribution is 2.22. The van der Waals surface area contributed by atoms with Crippen molar-refractivity contribution in [3.05, 3.63) is 64.1 Å². The van der Waals surface area contributed by atoms with Crippen molar-refractivity contribution in [1.82, 2.24) is 20.0 Å². The van der Waals surface area contributed by atoms with Crippen LogP contribution in [0.5, 0.6) is 0 Å². The van der Waals surface area contributed by atoms with Crippen LogP contribution in [0.3, 0.4) is 0 Å². The molecular formula is C14H11IN4. The molecule has 0 unspecified atom stereocenters. The van der Waals surface area contributed by atoms with Crippen LogP contribution in [0.25, 0.3) is 11.3 Å². The van der Waals surface area contributed by atoms with E-state index in [0.717, 1.165) is 20.5 Å². The van der Waals surface area contributed by atoms with Crippen LogP contribution in [0.1, 0.15) is 5.56 Å². The van der Waals surface area contributed by atoms with Crippen LogP contribution in [0, 0.1) is 3.70 Å². The molecule has 0 saturated carbocycles. The number of rotatable bonds is 3. The molecule has 0 N–H and O–H groups in total. The van der Waals surface area contributed by atoms with Gasteiger partial charge in [-0.1, -0.05) is 41.6 Å². The highest BCUT2D eigenvalue weighted by atomic mass is 127. The van der Waals surface area contributed by atoms with E-state index < -0.39 is 0 Å². The molecule has 0 aliphatic heterocycles. The quantitative estimate of drug-likeness (QED) is 0.673. The van der Waals surface area contributed by atoms with Gasteiger partial charge in [0, 0.05) is 18.0 Å². The summed E-state index contributed by atoms with van der Waals surface area (Å²) in [6.07, 6.45) is 3.62. The van der Waals surface area contributed by atoms with Crippen LogP contribution in [-0.4, -0.2) is 20.0 Å². The molecule has 0 spiro atoms. The van der Waals surface area contributed by atoms with Gasteiger partial charge < -0.3 is 0 Å². The first-order chi connectivity index (χ1) is 9.34. The molecular weight excluding hydrogens is 351 g/mol. The zero-order valence-electron chi connectivity index (χ0n) is 10.1. The van der Waals surface area contributed by atoms with E-state index in [9.17, 15) is 0 Å². The van der Waals surface area contributed by atoms with Gasteiger partial charge in [0.1, 0.15) is 9.39 Å². The van der Waals surface area contributed by atoms with Gasteiger partial charge in [-0.05, 0) is 34.2 Å². The minimum absolute atomic E-state index is 0.686. The van der Waals surface area contributed by atoms with E-state index in [4.69, 9.17) is 0 Å². The number of hydrogen-bond donors (Lipinski definition) is 0. The van der Waals surface area contributed by atoms with Gasteiger partial charge in [0.05, 0.1) is 6.54 Å². The van der Waals surface area contributed by atoms with Crippen molar-refractivity contribution < 1.29 is 0 Å². The minimum Gasteiger partial charge on any atom is -0.264 e. The number of halogens is 1. The summed E-state index contributed by atoms with van der Waals surface area (Å²) in [4.78, 5) is 4.11. The van der Waals surface area contributed by atoms with Crippen LogP contribution >= 0.6 is 22.6 Å². The van der Waals surface area contributed by atoms with Crippen molar-refractivity contribution in [2.75, 3.05) is 0 Å². The van der Waals surface area contributed by atoms with E-state index in [1.165, 1.54) is 0 Å². The fourth-order valence-electron chi connectivity index (χ4n) is 1.84. The average molecular weight is 362 g/mol. The first-order valence-electron chi connectivity index (χ1n) is 5.88. The van der Waals surface area contributed by atoms with Gasteiger partial charge in [0.15, 0.2) is 0 Å². The molecule has 0 radical (unpaired) electrons. The van der Waals surface area contributed by atoms with Crippen molar-refractivity contribution >= 4 is 22.6 Å². The Morgan fingerprint density at radius 1 is 1.05 bits per heavy atom. The molecule has 0 bridgehead atoms. The van der Waals surface area contributed by atoms with Crippen molar-refractivity contribution in [3.8, 4) is 11.3 Å². The van der Waals surface area contributed by atoms with Crippen LogP contribution in [0.4, 0.5) is 0 Å². The molecule has 2 heterocycles. The maximum Gasteiger partial charge on any atom is 0.127 e. The van der Waals surface area contributed by atoms with E-state index in [0.29, 0.717) is 6.54 Å². The maximum absolute atomic E-state index is 4.27. The summed E-state index contributed by atoms with van der Waals surface area (Å²) in [6.45, 7) is 0.686. The Bertz CT molecular complexity index is 664. The normalized spacial score (nSPS) is 10.6. The zero-order chi connectivity index (χ0) is 13.1. The third kappa shape index (κ3) is 2.65. The molecule has 0 amide bonds. The second kappa shape index (κ2) is 5.48. The van der Waals surface area contributed by atoms with Crippen molar-refractivity contribution in [3.63, 3.8) is 0 Å². The third-order valence-corrected chi connectivity index (χ3v) is 3.84. The number of nitrogens with zero attached hydrogens (tertiary/aromatic N) is 4. The Hall–Kier alpha value is -1.76. The molecule has 19 heavy (non-hydrogen) atoms. The Labute approximate surface area is 124 Å². The highest BCUT2D eigenvalue weighted by molar-refractivity contribution is 14.1. The fraction of sp³-hybridized carbons (Fsp3) is 0.0714. The van der Waals surface area contributed by atoms with Gasteiger partial charge in [-0.15, -0.1) is 5.10 Å². The average Bonchev–Trinajstić information content (AvgIpc) is 2.82. The zero-order valence-corrected chi connectivity index (χ0v) is 12.2. The molecule has 0 fully saturated rings. The summed E-state index contributed by atoms with van der Waals surface area (Å²) in [5.74, 6) is 0. The molecule has 0 aliphatic rings. The molecule has 3 rings (SSSR count). The highest BCUT2D eigenvalue weighted by Gasteiger charge is 2.11. The van der Waals surface area contributed by atoms with Gasteiger partial charge in [-0.2, -0.15) is 0 Å². The van der Waals surface area contributed by atoms with Gasteiger partial charge in [0.25, 0.3) is 0 Å². The Morgan fingerprint density at radius 3 is 2.63 bits per heavy atom. The SMILES string of the molecule is Ic1c(-c2ccccc2)nnn1Cc1cccnc1. The maximum atomic E-state index is 4.27. The largest absolute Gasteiger partial charge is 0.264 e. The molecule has 4 nitrogen and oxygen atoms in total. The van der Waals surface area contributed by atoms with E-state index >= 15 is 0 Å². The van der Waals surface area contributed by atoms with Crippen LogP contribution in [-0.2, 0) is 6.54 Å². The molecule has 3 aromatic rings. The lowest BCUT2D eigenvalue weighted by Crippen LogP contribution is -2.04. The molecule has 0 aliphatic carbocycles. The van der Waals surface area contributed by atoms with Gasteiger partial charge in [-0.3, -0.25) is 4.98 Å². The molecule has 5 heteroatoms. The summed E-state index contributed by atoms with van der Waals surface area (Å²) >= 11 is 2.28. The summed E-state index contributed by atoms with van der Waals surface area (Å²) in [7, 11) is 0. The van der Waals surface area contributed by atoms with Crippen LogP contribution in [0.2, 0.25) is 0 Å². The first kappa shape index (κ1) is 12.3. The number of aromatic nitrogens is 4. The predicted molar refractivity (Wildman–Crippen MR) is 81.5 cm³/mol. The predicted octanol–water partition coefficient (Wildman–Crippen LogP) is 2.99. The minimum atomic E-state index is 0.686. The topological polar surface area (TPSA) is 43.6 Å². The number of benzene rings is 1. The first-order valence-corrected chi connectivity index (χ1v) is 6.96. The van der Waals surface area contributed by atoms with E-state index in [1.54, 1.807) is 6.20 Å². The van der Waals surface area contributed by atoms with Crippen LogP contribution in [0.15, 0.2) is 54.9 Å². The fourth-order valence-corrected chi connectivity index (χ4v) is 2.53. The number of pyridine rings is 1. The van der Waals surface area contributed by atoms with Crippen LogP contribution < -0.4 is 0 Å². The van der Waals surface area contributed by atoms with Gasteiger partial charge >= 0.3 is 0 Å². The molecule has 0 atom stereocenters. The van der Waals surface area contributed by atoms with E-state index in [2.05, 4.69) is 37.9 Å². The molecule has 94 valence electrons. The molecule has 0 saturated heterocycles. The standard InChI is InChI=1S/C14H11IN4/c15-14-13(12-6-2-1-3-7-12)17-18-19(14)10-11-5-4-8-16-9-11/h1-9H,10H2. The second-order valence-corrected chi connectivity index (χ2v) is 5.14. The Balaban J connectivity index is 1.92. The smallest absolute Gasteiger partial charge is 0.127 e. The third-order valence-electron chi connectivity index (χ3n) is 2.78. The lowest BCUT2D eigenvalue weighted by Gasteiger charge is -2.02. The molecule has 1 aromatic carbocycles. The van der Waals surface area contributed by atoms with Crippen molar-refractivity contribution in [1.29, 1.82) is 0 Å². The van der Waals surface area contributed by atoms with Crippen molar-refractivity contribution in [2.24, 2.45) is 0 Å². The monoisotopic (exact) mass is 362 g/mol. The lowest BCUT2D eigenvalue weighted by atomic mass is 10.2. The molecule has 2 aromatic heterocycles. The summed E-state index contributed by atoms with van der Waals surface area (Å²) in [6, 6.07) is 14.1. The summed E-state index contributed by atoms with van der Waals surface area (Å²) in [5.41, 5.74) is 3.12. The van der Waals surface area contributed by atoms with E-state index in [1.807, 2.05) is 53.3 Å². The van der Waals surface area contributed by atoms with E-state index in [-0.39, 0.29) is 0 Å². The second-order valence-electron chi connectivity index (χ2n) is 4.11. The van der Waals surface area contributed by atoms with Crippen molar-refractivity contribution in [2.45, 2.75) is 6.54 Å². The van der Waals surface area contributed by atoms with Gasteiger partial charge in [0.2, 0.25) is 0 Å². The summed E-state index contributed by atoms with van der Waals surface area (Å²) < 4.78 is 2.92. The lowest BCUT2D eigenvalue weighted by molar-refractivity contribution is 0.635. The van der Waals surface area contributed by atoms with Gasteiger partial charge in [-0.25, -0.2) is 4.68 Å². The Kier molecular flexibility index (Phi) is 3.54. The summed E-state index contributed by atoms with van der Waals surface area (Å²) in [5, 5.41) is 8.49. The number of hydrogen-bond acceptors (Lipinski definition) is 3.